The summed E-state index contributed by atoms with van der Waals surface area (Å²) in [7, 11) is 0. The van der Waals surface area contributed by atoms with Gasteiger partial charge >= 0.3 is 0 Å². The van der Waals surface area contributed by atoms with E-state index in [0.717, 1.165) is 6.42 Å². The van der Waals surface area contributed by atoms with Crippen molar-refractivity contribution in [2.24, 2.45) is 5.92 Å². The summed E-state index contributed by atoms with van der Waals surface area (Å²) in [4.78, 5) is 14.5. The fourth-order valence-corrected chi connectivity index (χ4v) is 1.99. The Bertz CT molecular complexity index is 451. The maximum Gasteiger partial charge on any atom is 0.291 e. The van der Waals surface area contributed by atoms with Gasteiger partial charge in [-0.3, -0.25) is 10.1 Å². The highest BCUT2D eigenvalue weighted by molar-refractivity contribution is 9.10. The molecule has 0 aliphatic heterocycles. The largest absolute Gasteiger partial charge is 0.366 e. The fraction of sp³-hybridized carbons (Fsp3) is 0.583. The van der Waals surface area contributed by atoms with Gasteiger partial charge in [-0.1, -0.05) is 20.3 Å². The molecule has 100 valence electrons. The van der Waals surface area contributed by atoms with E-state index in [0.29, 0.717) is 21.8 Å². The summed E-state index contributed by atoms with van der Waals surface area (Å²) in [6, 6.07) is 0.264. The van der Waals surface area contributed by atoms with E-state index >= 15 is 0 Å². The van der Waals surface area contributed by atoms with Crippen LogP contribution in [-0.2, 0) is 0 Å². The second-order valence-corrected chi connectivity index (χ2v) is 5.30. The average Bonchev–Trinajstić information content (AvgIpc) is 2.33. The van der Waals surface area contributed by atoms with Crippen molar-refractivity contribution in [1.82, 2.24) is 4.98 Å². The molecule has 0 aliphatic carbocycles. The van der Waals surface area contributed by atoms with E-state index in [1.807, 2.05) is 0 Å². The molecule has 1 N–H and O–H groups in total. The predicted octanol–water partition coefficient (Wildman–Crippen LogP) is 3.91. The molecule has 18 heavy (non-hydrogen) atoms. The molecule has 0 spiro atoms. The van der Waals surface area contributed by atoms with Crippen molar-refractivity contribution < 1.29 is 4.92 Å². The minimum atomic E-state index is -0.422. The number of hydrogen-bond donors (Lipinski definition) is 1. The average molecular weight is 316 g/mol. The van der Waals surface area contributed by atoms with Crippen molar-refractivity contribution >= 4 is 27.4 Å². The van der Waals surface area contributed by atoms with Crippen LogP contribution >= 0.6 is 15.9 Å². The smallest absolute Gasteiger partial charge is 0.291 e. The van der Waals surface area contributed by atoms with Gasteiger partial charge in [0.25, 0.3) is 5.69 Å². The van der Waals surface area contributed by atoms with Crippen LogP contribution in [0.25, 0.3) is 0 Å². The van der Waals surface area contributed by atoms with Crippen LogP contribution in [0, 0.1) is 23.0 Å². The number of hydrogen-bond acceptors (Lipinski definition) is 4. The zero-order chi connectivity index (χ0) is 13.9. The zero-order valence-corrected chi connectivity index (χ0v) is 12.6. The highest BCUT2D eigenvalue weighted by Gasteiger charge is 2.19. The summed E-state index contributed by atoms with van der Waals surface area (Å²) in [5, 5.41) is 14.1. The number of anilines is 1. The van der Waals surface area contributed by atoms with Crippen molar-refractivity contribution in [2.75, 3.05) is 5.32 Å². The fourth-order valence-electron chi connectivity index (χ4n) is 1.57. The number of nitro groups is 1. The Kier molecular flexibility index (Phi) is 5.07. The van der Waals surface area contributed by atoms with E-state index in [4.69, 9.17) is 0 Å². The highest BCUT2D eigenvalue weighted by atomic mass is 79.9. The number of aromatic nitrogens is 1. The molecule has 0 radical (unpaired) electrons. The van der Waals surface area contributed by atoms with E-state index in [9.17, 15) is 10.1 Å². The summed E-state index contributed by atoms with van der Waals surface area (Å²) in [6.07, 6.45) is 2.36. The SMILES string of the molecule is CCC(C)C(C)Nc1ncc([N+](=O)[O-])c(C)c1Br. The Morgan fingerprint density at radius 1 is 1.56 bits per heavy atom. The molecule has 0 saturated heterocycles. The highest BCUT2D eigenvalue weighted by Crippen LogP contribution is 2.31. The lowest BCUT2D eigenvalue weighted by Crippen LogP contribution is -2.24. The van der Waals surface area contributed by atoms with Crippen LogP contribution in [0.2, 0.25) is 0 Å². The lowest BCUT2D eigenvalue weighted by atomic mass is 10.0. The summed E-state index contributed by atoms with van der Waals surface area (Å²) in [5.41, 5.74) is 0.623. The van der Waals surface area contributed by atoms with E-state index in [-0.39, 0.29) is 11.7 Å². The molecule has 0 saturated carbocycles. The van der Waals surface area contributed by atoms with E-state index in [1.54, 1.807) is 6.92 Å². The Morgan fingerprint density at radius 3 is 2.67 bits per heavy atom. The molecule has 0 amide bonds. The molecule has 0 fully saturated rings. The third-order valence-electron chi connectivity index (χ3n) is 3.30. The second kappa shape index (κ2) is 6.13. The molecular formula is C12H18BrN3O2. The summed E-state index contributed by atoms with van der Waals surface area (Å²) < 4.78 is 0.659. The van der Waals surface area contributed by atoms with Gasteiger partial charge < -0.3 is 5.32 Å². The quantitative estimate of drug-likeness (QED) is 0.660. The predicted molar refractivity (Wildman–Crippen MR) is 75.9 cm³/mol. The van der Waals surface area contributed by atoms with Crippen LogP contribution in [0.1, 0.15) is 32.8 Å². The lowest BCUT2D eigenvalue weighted by molar-refractivity contribution is -0.385. The third kappa shape index (κ3) is 3.19. The first-order valence-corrected chi connectivity index (χ1v) is 6.73. The van der Waals surface area contributed by atoms with Crippen LogP contribution in [0.15, 0.2) is 10.7 Å². The molecule has 0 bridgehead atoms. The lowest BCUT2D eigenvalue weighted by Gasteiger charge is -2.21. The van der Waals surface area contributed by atoms with Crippen LogP contribution in [-0.4, -0.2) is 15.9 Å². The minimum absolute atomic E-state index is 0.0311. The molecule has 0 aliphatic rings. The third-order valence-corrected chi connectivity index (χ3v) is 4.27. The van der Waals surface area contributed by atoms with Crippen LogP contribution in [0.3, 0.4) is 0 Å². The van der Waals surface area contributed by atoms with Gasteiger partial charge in [-0.05, 0) is 35.7 Å². The Balaban J connectivity index is 2.99. The molecule has 6 heteroatoms. The van der Waals surface area contributed by atoms with Gasteiger partial charge in [0.1, 0.15) is 12.0 Å². The number of pyridine rings is 1. The molecule has 2 atom stereocenters. The number of rotatable bonds is 5. The maximum atomic E-state index is 10.8. The van der Waals surface area contributed by atoms with Crippen molar-refractivity contribution in [3.63, 3.8) is 0 Å². The van der Waals surface area contributed by atoms with Crippen molar-refractivity contribution in [3.8, 4) is 0 Å². The topological polar surface area (TPSA) is 68.1 Å². The zero-order valence-electron chi connectivity index (χ0n) is 11.0. The Morgan fingerprint density at radius 2 is 2.17 bits per heavy atom. The normalized spacial score (nSPS) is 14.1. The van der Waals surface area contributed by atoms with Crippen LogP contribution < -0.4 is 5.32 Å². The molecule has 1 rings (SSSR count). The first-order chi connectivity index (χ1) is 8.38. The minimum Gasteiger partial charge on any atom is -0.366 e. The van der Waals surface area contributed by atoms with Crippen molar-refractivity contribution in [2.45, 2.75) is 40.2 Å². The molecule has 1 heterocycles. The van der Waals surface area contributed by atoms with Gasteiger partial charge in [-0.15, -0.1) is 0 Å². The molecule has 0 aromatic carbocycles. The summed E-state index contributed by atoms with van der Waals surface area (Å²) in [6.45, 7) is 8.08. The molecule has 5 nitrogen and oxygen atoms in total. The summed E-state index contributed by atoms with van der Waals surface area (Å²) in [5.74, 6) is 1.17. The Hall–Kier alpha value is -1.17. The molecule has 1 aromatic heterocycles. The van der Waals surface area contributed by atoms with Crippen LogP contribution in [0.4, 0.5) is 11.5 Å². The van der Waals surface area contributed by atoms with Crippen LogP contribution in [0.5, 0.6) is 0 Å². The second-order valence-electron chi connectivity index (χ2n) is 4.51. The van der Waals surface area contributed by atoms with E-state index < -0.39 is 4.92 Å². The van der Waals surface area contributed by atoms with E-state index in [2.05, 4.69) is 47.0 Å². The first-order valence-electron chi connectivity index (χ1n) is 5.94. The monoisotopic (exact) mass is 315 g/mol. The molecule has 2 unspecified atom stereocenters. The van der Waals surface area contributed by atoms with Gasteiger partial charge in [0.15, 0.2) is 0 Å². The summed E-state index contributed by atoms with van der Waals surface area (Å²) >= 11 is 3.37. The van der Waals surface area contributed by atoms with Gasteiger partial charge in [-0.25, -0.2) is 4.98 Å². The Labute approximate surface area is 115 Å². The number of halogens is 1. The standard InChI is InChI=1S/C12H18BrN3O2/c1-5-7(2)9(4)15-12-11(13)8(3)10(6-14-12)16(17)18/h6-7,9H,5H2,1-4H3,(H,14,15). The maximum absolute atomic E-state index is 10.8. The van der Waals surface area contributed by atoms with Gasteiger partial charge in [0, 0.05) is 11.6 Å². The van der Waals surface area contributed by atoms with Gasteiger partial charge in [-0.2, -0.15) is 0 Å². The first kappa shape index (κ1) is 14.9. The van der Waals surface area contributed by atoms with Crippen molar-refractivity contribution in [1.29, 1.82) is 0 Å². The van der Waals surface area contributed by atoms with Gasteiger partial charge in [0.05, 0.1) is 9.40 Å². The van der Waals surface area contributed by atoms with Gasteiger partial charge in [0.2, 0.25) is 0 Å². The van der Waals surface area contributed by atoms with E-state index in [1.165, 1.54) is 6.20 Å². The molecular weight excluding hydrogens is 298 g/mol. The number of nitrogens with zero attached hydrogens (tertiary/aromatic N) is 2. The van der Waals surface area contributed by atoms with Crippen molar-refractivity contribution in [3.05, 3.63) is 26.3 Å². The molecule has 1 aromatic rings. The number of nitrogens with one attached hydrogen (secondary N) is 1.